The molecule has 0 unspecified atom stereocenters. The summed E-state index contributed by atoms with van der Waals surface area (Å²) in [6.07, 6.45) is 1.38. The maximum atomic E-state index is 11.0. The summed E-state index contributed by atoms with van der Waals surface area (Å²) in [6.45, 7) is 1.61. The van der Waals surface area contributed by atoms with Crippen molar-refractivity contribution in [3.8, 4) is 5.75 Å². The topological polar surface area (TPSA) is 58.6 Å². The normalized spacial score (nSPS) is 9.94. The zero-order valence-electron chi connectivity index (χ0n) is 9.62. The van der Waals surface area contributed by atoms with Gasteiger partial charge in [0.1, 0.15) is 5.75 Å². The minimum atomic E-state index is -0.101. The van der Waals surface area contributed by atoms with E-state index in [4.69, 9.17) is 9.84 Å². The Balaban J connectivity index is 2.91. The van der Waals surface area contributed by atoms with Crippen LogP contribution in [0.3, 0.4) is 0 Å². The second-order valence-corrected chi connectivity index (χ2v) is 3.53. The van der Waals surface area contributed by atoms with Crippen molar-refractivity contribution >= 4 is 11.6 Å². The zero-order chi connectivity index (χ0) is 12.0. The maximum absolute atomic E-state index is 11.0. The lowest BCUT2D eigenvalue weighted by Gasteiger charge is -2.11. The SMILES string of the molecule is COc1ccc(NC(C)=O)c(CCCO)c1. The van der Waals surface area contributed by atoms with E-state index in [1.54, 1.807) is 13.2 Å². The van der Waals surface area contributed by atoms with Gasteiger partial charge in [-0.25, -0.2) is 0 Å². The minimum Gasteiger partial charge on any atom is -0.497 e. The number of hydrogen-bond donors (Lipinski definition) is 2. The number of methoxy groups -OCH3 is 1. The van der Waals surface area contributed by atoms with Crippen LogP contribution in [-0.4, -0.2) is 24.7 Å². The number of amides is 1. The second kappa shape index (κ2) is 6.12. The van der Waals surface area contributed by atoms with E-state index in [0.717, 1.165) is 17.0 Å². The van der Waals surface area contributed by atoms with Gasteiger partial charge in [-0.3, -0.25) is 4.79 Å². The number of nitrogens with one attached hydrogen (secondary N) is 1. The van der Waals surface area contributed by atoms with E-state index in [2.05, 4.69) is 5.32 Å². The summed E-state index contributed by atoms with van der Waals surface area (Å²) in [7, 11) is 1.60. The van der Waals surface area contributed by atoms with Crippen LogP contribution >= 0.6 is 0 Å². The molecule has 0 saturated heterocycles. The highest BCUT2D eigenvalue weighted by Gasteiger charge is 2.05. The Morgan fingerprint density at radius 2 is 2.25 bits per heavy atom. The third-order valence-electron chi connectivity index (χ3n) is 2.23. The van der Waals surface area contributed by atoms with Crippen LogP contribution in [0.15, 0.2) is 18.2 Å². The van der Waals surface area contributed by atoms with E-state index in [1.807, 2.05) is 12.1 Å². The van der Waals surface area contributed by atoms with Crippen LogP contribution in [0, 0.1) is 0 Å². The molecule has 0 atom stereocenters. The molecule has 1 amide bonds. The lowest BCUT2D eigenvalue weighted by Crippen LogP contribution is -2.08. The number of rotatable bonds is 5. The van der Waals surface area contributed by atoms with Crippen LogP contribution < -0.4 is 10.1 Å². The number of carbonyl (C=O) groups excluding carboxylic acids is 1. The zero-order valence-corrected chi connectivity index (χ0v) is 9.62. The van der Waals surface area contributed by atoms with Gasteiger partial charge in [0, 0.05) is 19.2 Å². The van der Waals surface area contributed by atoms with Gasteiger partial charge < -0.3 is 15.2 Å². The van der Waals surface area contributed by atoms with Crippen LogP contribution in [0.2, 0.25) is 0 Å². The van der Waals surface area contributed by atoms with Gasteiger partial charge in [-0.15, -0.1) is 0 Å². The van der Waals surface area contributed by atoms with Gasteiger partial charge >= 0.3 is 0 Å². The first-order valence-corrected chi connectivity index (χ1v) is 5.22. The molecular formula is C12H17NO3. The molecule has 88 valence electrons. The molecule has 16 heavy (non-hydrogen) atoms. The molecule has 0 aliphatic rings. The molecule has 0 spiro atoms. The average Bonchev–Trinajstić information content (AvgIpc) is 2.27. The molecule has 4 heteroatoms. The minimum absolute atomic E-state index is 0.101. The van der Waals surface area contributed by atoms with Gasteiger partial charge in [0.2, 0.25) is 5.91 Å². The summed E-state index contributed by atoms with van der Waals surface area (Å²) < 4.78 is 5.12. The quantitative estimate of drug-likeness (QED) is 0.796. The Bertz CT molecular complexity index is 363. The molecule has 0 aliphatic heterocycles. The average molecular weight is 223 g/mol. The Hall–Kier alpha value is -1.55. The fourth-order valence-corrected chi connectivity index (χ4v) is 1.48. The third kappa shape index (κ3) is 3.55. The number of aliphatic hydroxyl groups is 1. The Morgan fingerprint density at radius 3 is 2.81 bits per heavy atom. The second-order valence-electron chi connectivity index (χ2n) is 3.53. The van der Waals surface area contributed by atoms with Crippen molar-refractivity contribution in [3.63, 3.8) is 0 Å². The summed E-state index contributed by atoms with van der Waals surface area (Å²) in [5.41, 5.74) is 1.75. The molecule has 0 radical (unpaired) electrons. The smallest absolute Gasteiger partial charge is 0.221 e. The summed E-state index contributed by atoms with van der Waals surface area (Å²) in [5, 5.41) is 11.6. The maximum Gasteiger partial charge on any atom is 0.221 e. The molecule has 0 aliphatic carbocycles. The molecule has 2 N–H and O–H groups in total. The Morgan fingerprint density at radius 1 is 1.50 bits per heavy atom. The van der Waals surface area contributed by atoms with Crippen LogP contribution in [0.4, 0.5) is 5.69 Å². The van der Waals surface area contributed by atoms with Gasteiger partial charge in [0.05, 0.1) is 7.11 Å². The first-order chi connectivity index (χ1) is 7.67. The molecule has 0 bridgehead atoms. The van der Waals surface area contributed by atoms with Crippen LogP contribution in [0.25, 0.3) is 0 Å². The standard InChI is InChI=1S/C12H17NO3/c1-9(15)13-12-6-5-11(16-2)8-10(12)4-3-7-14/h5-6,8,14H,3-4,7H2,1-2H3,(H,13,15). The van der Waals surface area contributed by atoms with Crippen molar-refractivity contribution in [2.45, 2.75) is 19.8 Å². The van der Waals surface area contributed by atoms with E-state index in [9.17, 15) is 4.79 Å². The molecule has 0 fully saturated rings. The van der Waals surface area contributed by atoms with Crippen molar-refractivity contribution in [2.24, 2.45) is 0 Å². The lowest BCUT2D eigenvalue weighted by molar-refractivity contribution is -0.114. The summed E-state index contributed by atoms with van der Waals surface area (Å²) in [6, 6.07) is 5.49. The van der Waals surface area contributed by atoms with Gasteiger partial charge in [0.25, 0.3) is 0 Å². The number of benzene rings is 1. The predicted octanol–water partition coefficient (Wildman–Crippen LogP) is 1.58. The number of aryl methyl sites for hydroxylation is 1. The number of hydrogen-bond acceptors (Lipinski definition) is 3. The Labute approximate surface area is 95.2 Å². The van der Waals surface area contributed by atoms with Crippen LogP contribution in [0.1, 0.15) is 18.9 Å². The largest absolute Gasteiger partial charge is 0.497 e. The highest BCUT2D eigenvalue weighted by Crippen LogP contribution is 2.23. The van der Waals surface area contributed by atoms with Gasteiger partial charge in [0.15, 0.2) is 0 Å². The van der Waals surface area contributed by atoms with E-state index in [0.29, 0.717) is 12.8 Å². The molecular weight excluding hydrogens is 206 g/mol. The fraction of sp³-hybridized carbons (Fsp3) is 0.417. The lowest BCUT2D eigenvalue weighted by atomic mass is 10.1. The first kappa shape index (κ1) is 12.5. The Kier molecular flexibility index (Phi) is 4.79. The monoisotopic (exact) mass is 223 g/mol. The van der Waals surface area contributed by atoms with Crippen molar-refractivity contribution < 1.29 is 14.6 Å². The number of carbonyl (C=O) groups is 1. The molecule has 4 nitrogen and oxygen atoms in total. The highest BCUT2D eigenvalue weighted by atomic mass is 16.5. The highest BCUT2D eigenvalue weighted by molar-refractivity contribution is 5.89. The summed E-state index contributed by atoms with van der Waals surface area (Å²) in [4.78, 5) is 11.0. The molecule has 1 rings (SSSR count). The van der Waals surface area contributed by atoms with Crippen molar-refractivity contribution in [1.82, 2.24) is 0 Å². The van der Waals surface area contributed by atoms with Crippen molar-refractivity contribution in [2.75, 3.05) is 19.0 Å². The fourth-order valence-electron chi connectivity index (χ4n) is 1.48. The van der Waals surface area contributed by atoms with Crippen molar-refractivity contribution in [1.29, 1.82) is 0 Å². The number of ether oxygens (including phenoxy) is 1. The third-order valence-corrected chi connectivity index (χ3v) is 2.23. The molecule has 0 saturated carbocycles. The summed E-state index contributed by atoms with van der Waals surface area (Å²) in [5.74, 6) is 0.650. The van der Waals surface area contributed by atoms with Crippen molar-refractivity contribution in [3.05, 3.63) is 23.8 Å². The molecule has 1 aromatic rings. The van der Waals surface area contributed by atoms with Crippen LogP contribution in [0.5, 0.6) is 5.75 Å². The number of anilines is 1. The van der Waals surface area contributed by atoms with E-state index in [1.165, 1.54) is 6.92 Å². The first-order valence-electron chi connectivity index (χ1n) is 5.22. The van der Waals surface area contributed by atoms with E-state index < -0.39 is 0 Å². The molecule has 0 aromatic heterocycles. The van der Waals surface area contributed by atoms with E-state index in [-0.39, 0.29) is 12.5 Å². The molecule has 0 heterocycles. The van der Waals surface area contributed by atoms with Crippen LogP contribution in [-0.2, 0) is 11.2 Å². The van der Waals surface area contributed by atoms with Gasteiger partial charge in [-0.1, -0.05) is 0 Å². The van der Waals surface area contributed by atoms with E-state index >= 15 is 0 Å². The van der Waals surface area contributed by atoms with Gasteiger partial charge in [-0.2, -0.15) is 0 Å². The summed E-state index contributed by atoms with van der Waals surface area (Å²) >= 11 is 0. The van der Waals surface area contributed by atoms with Gasteiger partial charge in [-0.05, 0) is 36.6 Å². The predicted molar refractivity (Wildman–Crippen MR) is 62.7 cm³/mol. The number of aliphatic hydroxyl groups excluding tert-OH is 1. The molecule has 1 aromatic carbocycles.